The largest absolute Gasteiger partial charge is 0.361 e. The lowest BCUT2D eigenvalue weighted by Gasteiger charge is -2.23. The van der Waals surface area contributed by atoms with Crippen LogP contribution in [0.4, 0.5) is 10.5 Å². The van der Waals surface area contributed by atoms with Crippen molar-refractivity contribution >= 4 is 11.7 Å². The van der Waals surface area contributed by atoms with Gasteiger partial charge in [-0.25, -0.2) is 4.79 Å². The van der Waals surface area contributed by atoms with Crippen LogP contribution in [0.3, 0.4) is 0 Å². The maximum absolute atomic E-state index is 12.6. The molecule has 0 bridgehead atoms. The van der Waals surface area contributed by atoms with E-state index in [0.29, 0.717) is 0 Å². The number of hydrogen-bond acceptors (Lipinski definition) is 3. The molecule has 0 aliphatic carbocycles. The minimum Gasteiger partial charge on any atom is -0.361 e. The van der Waals surface area contributed by atoms with E-state index in [2.05, 4.69) is 16.5 Å². The highest BCUT2D eigenvalue weighted by Crippen LogP contribution is 2.32. The van der Waals surface area contributed by atoms with Crippen LogP contribution < -0.4 is 5.32 Å². The third kappa shape index (κ3) is 2.98. The normalized spacial score (nSPS) is 17.8. The minimum atomic E-state index is -0.0758. The molecule has 5 heteroatoms. The quantitative estimate of drug-likeness (QED) is 0.912. The molecule has 2 amide bonds. The zero-order valence-electron chi connectivity index (χ0n) is 13.2. The van der Waals surface area contributed by atoms with E-state index < -0.39 is 0 Å². The summed E-state index contributed by atoms with van der Waals surface area (Å²) in [5.41, 5.74) is 3.95. The SMILES string of the molecule is Cc1cc(C)cc(NC(=O)N2CCCC2c2cc(C)on2)c1. The molecule has 3 rings (SSSR count). The van der Waals surface area contributed by atoms with Crippen LogP contribution in [0, 0.1) is 20.8 Å². The molecule has 5 nitrogen and oxygen atoms in total. The molecule has 2 aromatic rings. The summed E-state index contributed by atoms with van der Waals surface area (Å²) in [6, 6.07) is 7.89. The van der Waals surface area contributed by atoms with Crippen LogP contribution in [0.1, 0.15) is 41.5 Å². The minimum absolute atomic E-state index is 0.00311. The van der Waals surface area contributed by atoms with E-state index >= 15 is 0 Å². The lowest BCUT2D eigenvalue weighted by Crippen LogP contribution is -2.34. The molecule has 1 aromatic carbocycles. The van der Waals surface area contributed by atoms with Gasteiger partial charge < -0.3 is 14.7 Å². The molecule has 1 atom stereocenters. The van der Waals surface area contributed by atoms with Gasteiger partial charge in [-0.3, -0.25) is 0 Å². The molecule has 116 valence electrons. The number of aromatic nitrogens is 1. The Hall–Kier alpha value is -2.30. The van der Waals surface area contributed by atoms with Crippen molar-refractivity contribution in [1.29, 1.82) is 0 Å². The zero-order valence-corrected chi connectivity index (χ0v) is 13.2. The molecule has 22 heavy (non-hydrogen) atoms. The van der Waals surface area contributed by atoms with Gasteiger partial charge in [-0.2, -0.15) is 0 Å². The van der Waals surface area contributed by atoms with E-state index in [1.807, 2.05) is 43.9 Å². The summed E-state index contributed by atoms with van der Waals surface area (Å²) in [5, 5.41) is 7.07. The fraction of sp³-hybridized carbons (Fsp3) is 0.412. The Bertz CT molecular complexity index is 673. The molecule has 1 aliphatic heterocycles. The summed E-state index contributed by atoms with van der Waals surface area (Å²) in [6.45, 7) is 6.66. The van der Waals surface area contributed by atoms with Gasteiger partial charge in [-0.15, -0.1) is 0 Å². The Labute approximate surface area is 130 Å². The first-order valence-electron chi connectivity index (χ1n) is 7.62. The van der Waals surface area contributed by atoms with Crippen molar-refractivity contribution < 1.29 is 9.32 Å². The van der Waals surface area contributed by atoms with Crippen LogP contribution in [-0.4, -0.2) is 22.6 Å². The maximum Gasteiger partial charge on any atom is 0.322 e. The average molecular weight is 299 g/mol. The van der Waals surface area contributed by atoms with Crippen molar-refractivity contribution in [3.05, 3.63) is 46.8 Å². The molecule has 1 unspecified atom stereocenters. The second-order valence-corrected chi connectivity index (χ2v) is 6.02. The first-order chi connectivity index (χ1) is 10.5. The Morgan fingerprint density at radius 2 is 1.95 bits per heavy atom. The van der Waals surface area contributed by atoms with Crippen LogP contribution in [-0.2, 0) is 0 Å². The van der Waals surface area contributed by atoms with Gasteiger partial charge in [0.25, 0.3) is 0 Å². The first-order valence-corrected chi connectivity index (χ1v) is 7.62. The molecule has 0 spiro atoms. The van der Waals surface area contributed by atoms with Crippen LogP contribution in [0.25, 0.3) is 0 Å². The van der Waals surface area contributed by atoms with Gasteiger partial charge >= 0.3 is 6.03 Å². The average Bonchev–Trinajstić information content (AvgIpc) is 3.05. The van der Waals surface area contributed by atoms with Crippen molar-refractivity contribution in [2.24, 2.45) is 0 Å². The fourth-order valence-corrected chi connectivity index (χ4v) is 3.10. The Morgan fingerprint density at radius 3 is 2.59 bits per heavy atom. The smallest absolute Gasteiger partial charge is 0.322 e. The molecular weight excluding hydrogens is 278 g/mol. The van der Waals surface area contributed by atoms with Gasteiger partial charge in [0.1, 0.15) is 11.5 Å². The highest BCUT2D eigenvalue weighted by atomic mass is 16.5. The highest BCUT2D eigenvalue weighted by Gasteiger charge is 2.32. The highest BCUT2D eigenvalue weighted by molar-refractivity contribution is 5.90. The maximum atomic E-state index is 12.6. The molecule has 0 saturated carbocycles. The predicted molar refractivity (Wildman–Crippen MR) is 84.9 cm³/mol. The van der Waals surface area contributed by atoms with Crippen molar-refractivity contribution in [3.8, 4) is 0 Å². The second-order valence-electron chi connectivity index (χ2n) is 6.02. The van der Waals surface area contributed by atoms with Crippen LogP contribution in [0.2, 0.25) is 0 Å². The van der Waals surface area contributed by atoms with Crippen molar-refractivity contribution in [2.45, 2.75) is 39.7 Å². The fourth-order valence-electron chi connectivity index (χ4n) is 3.10. The third-order valence-corrected chi connectivity index (χ3v) is 3.97. The molecule has 1 N–H and O–H groups in total. The summed E-state index contributed by atoms with van der Waals surface area (Å²) in [7, 11) is 0. The van der Waals surface area contributed by atoms with Gasteiger partial charge in [0.2, 0.25) is 0 Å². The van der Waals surface area contributed by atoms with Gasteiger partial charge in [0.15, 0.2) is 0 Å². The molecule has 2 heterocycles. The number of benzene rings is 1. The number of nitrogens with zero attached hydrogens (tertiary/aromatic N) is 2. The topological polar surface area (TPSA) is 58.4 Å². The zero-order chi connectivity index (χ0) is 15.7. The van der Waals surface area contributed by atoms with E-state index in [4.69, 9.17) is 4.52 Å². The molecule has 1 aromatic heterocycles. The number of urea groups is 1. The van der Waals surface area contributed by atoms with Crippen LogP contribution >= 0.6 is 0 Å². The van der Waals surface area contributed by atoms with Crippen LogP contribution in [0.5, 0.6) is 0 Å². The van der Waals surface area contributed by atoms with E-state index in [1.54, 1.807) is 0 Å². The number of carbonyl (C=O) groups excluding carboxylic acids is 1. The summed E-state index contributed by atoms with van der Waals surface area (Å²) in [4.78, 5) is 14.4. The number of anilines is 1. The summed E-state index contributed by atoms with van der Waals surface area (Å²) in [5.74, 6) is 0.775. The summed E-state index contributed by atoms with van der Waals surface area (Å²) < 4.78 is 5.15. The van der Waals surface area contributed by atoms with E-state index in [0.717, 1.165) is 47.7 Å². The van der Waals surface area contributed by atoms with E-state index in [9.17, 15) is 4.79 Å². The van der Waals surface area contributed by atoms with Gasteiger partial charge in [0, 0.05) is 18.3 Å². The number of carbonyl (C=O) groups is 1. The molecule has 1 aliphatic rings. The first kappa shape index (κ1) is 14.6. The second kappa shape index (κ2) is 5.83. The number of rotatable bonds is 2. The van der Waals surface area contributed by atoms with Crippen LogP contribution in [0.15, 0.2) is 28.8 Å². The Morgan fingerprint density at radius 1 is 1.23 bits per heavy atom. The number of nitrogens with one attached hydrogen (secondary N) is 1. The lowest BCUT2D eigenvalue weighted by atomic mass is 10.1. The number of hydrogen-bond donors (Lipinski definition) is 1. The van der Waals surface area contributed by atoms with E-state index in [1.165, 1.54) is 0 Å². The third-order valence-electron chi connectivity index (χ3n) is 3.97. The predicted octanol–water partition coefficient (Wildman–Crippen LogP) is 3.97. The molecule has 1 saturated heterocycles. The van der Waals surface area contributed by atoms with Crippen molar-refractivity contribution in [1.82, 2.24) is 10.1 Å². The monoisotopic (exact) mass is 299 g/mol. The van der Waals surface area contributed by atoms with Gasteiger partial charge in [-0.05, 0) is 56.9 Å². The summed E-state index contributed by atoms with van der Waals surface area (Å²) >= 11 is 0. The Kier molecular flexibility index (Phi) is 3.88. The van der Waals surface area contributed by atoms with Gasteiger partial charge in [-0.1, -0.05) is 11.2 Å². The van der Waals surface area contributed by atoms with Gasteiger partial charge in [0.05, 0.1) is 6.04 Å². The Balaban J connectivity index is 1.76. The summed E-state index contributed by atoms with van der Waals surface area (Å²) in [6.07, 6.45) is 1.91. The number of amides is 2. The number of likely N-dealkylation sites (tertiary alicyclic amines) is 1. The van der Waals surface area contributed by atoms with Crippen molar-refractivity contribution in [2.75, 3.05) is 11.9 Å². The molecule has 1 fully saturated rings. The molecule has 0 radical (unpaired) electrons. The lowest BCUT2D eigenvalue weighted by molar-refractivity contribution is 0.204. The van der Waals surface area contributed by atoms with Crippen molar-refractivity contribution in [3.63, 3.8) is 0 Å². The number of aryl methyl sites for hydroxylation is 3. The van der Waals surface area contributed by atoms with E-state index in [-0.39, 0.29) is 12.1 Å². The molecular formula is C17H21N3O2. The standard InChI is InChI=1S/C17H21N3O2/c1-11-7-12(2)9-14(8-11)18-17(21)20-6-4-5-16(20)15-10-13(3)22-19-15/h7-10,16H,4-6H2,1-3H3,(H,18,21).